The van der Waals surface area contributed by atoms with Gasteiger partial charge in [-0.25, -0.2) is 0 Å². The van der Waals surface area contributed by atoms with Gasteiger partial charge in [-0.1, -0.05) is 48.5 Å². The van der Waals surface area contributed by atoms with Gasteiger partial charge in [-0.3, -0.25) is 0 Å². The fourth-order valence-corrected chi connectivity index (χ4v) is 2.21. The fraction of sp³-hybridized carbons (Fsp3) is 0.294. The highest BCUT2D eigenvalue weighted by Gasteiger charge is 2.23. The zero-order valence-electron chi connectivity index (χ0n) is 11.3. The van der Waals surface area contributed by atoms with E-state index < -0.39 is 5.60 Å². The van der Waals surface area contributed by atoms with E-state index in [9.17, 15) is 5.11 Å². The van der Waals surface area contributed by atoms with Gasteiger partial charge < -0.3 is 5.11 Å². The Hall–Kier alpha value is -1.60. The lowest BCUT2D eigenvalue weighted by molar-refractivity contribution is 0.0576. The van der Waals surface area contributed by atoms with Crippen molar-refractivity contribution in [2.75, 3.05) is 0 Å². The summed E-state index contributed by atoms with van der Waals surface area (Å²) in [6, 6.07) is 16.2. The largest absolute Gasteiger partial charge is 0.385 e. The molecule has 0 radical (unpaired) electrons. The third-order valence-electron chi connectivity index (χ3n) is 3.52. The van der Waals surface area contributed by atoms with Crippen LogP contribution >= 0.6 is 0 Å². The molecule has 0 aromatic heterocycles. The SMILES string of the molecule is Cc1ccc(CC(C)(O)c2ccccc2)cc1C. The molecule has 2 rings (SSSR count). The lowest BCUT2D eigenvalue weighted by atomic mass is 9.88. The highest BCUT2D eigenvalue weighted by Crippen LogP contribution is 2.25. The second-order valence-electron chi connectivity index (χ2n) is 5.24. The Labute approximate surface area is 109 Å². The Kier molecular flexibility index (Phi) is 3.53. The van der Waals surface area contributed by atoms with E-state index in [1.165, 1.54) is 16.7 Å². The van der Waals surface area contributed by atoms with Gasteiger partial charge in [0.2, 0.25) is 0 Å². The molecule has 0 bridgehead atoms. The first-order valence-corrected chi connectivity index (χ1v) is 6.33. The van der Waals surface area contributed by atoms with Crippen LogP contribution in [0.25, 0.3) is 0 Å². The van der Waals surface area contributed by atoms with Crippen molar-refractivity contribution in [3.8, 4) is 0 Å². The number of benzene rings is 2. The van der Waals surface area contributed by atoms with Gasteiger partial charge in [0, 0.05) is 6.42 Å². The quantitative estimate of drug-likeness (QED) is 0.866. The van der Waals surface area contributed by atoms with E-state index in [2.05, 4.69) is 32.0 Å². The van der Waals surface area contributed by atoms with Crippen molar-refractivity contribution < 1.29 is 5.11 Å². The van der Waals surface area contributed by atoms with Gasteiger partial charge in [0.15, 0.2) is 0 Å². The van der Waals surface area contributed by atoms with Crippen LogP contribution in [0, 0.1) is 13.8 Å². The maximum Gasteiger partial charge on any atom is 0.0908 e. The van der Waals surface area contributed by atoms with Crippen molar-refractivity contribution in [3.05, 3.63) is 70.8 Å². The van der Waals surface area contributed by atoms with E-state index in [0.29, 0.717) is 6.42 Å². The van der Waals surface area contributed by atoms with Crippen LogP contribution in [-0.2, 0) is 12.0 Å². The lowest BCUT2D eigenvalue weighted by Crippen LogP contribution is -2.24. The van der Waals surface area contributed by atoms with Gasteiger partial charge in [-0.05, 0) is 43.0 Å². The number of rotatable bonds is 3. The van der Waals surface area contributed by atoms with Crippen LogP contribution in [0.1, 0.15) is 29.2 Å². The smallest absolute Gasteiger partial charge is 0.0908 e. The summed E-state index contributed by atoms with van der Waals surface area (Å²) in [6.07, 6.45) is 0.637. The van der Waals surface area contributed by atoms with E-state index in [1.807, 2.05) is 37.3 Å². The monoisotopic (exact) mass is 240 g/mol. The Morgan fingerprint density at radius 3 is 2.22 bits per heavy atom. The van der Waals surface area contributed by atoms with Crippen LogP contribution in [0.15, 0.2) is 48.5 Å². The number of aliphatic hydroxyl groups is 1. The summed E-state index contributed by atoms with van der Waals surface area (Å²) < 4.78 is 0. The molecule has 0 saturated heterocycles. The first-order chi connectivity index (χ1) is 8.49. The highest BCUT2D eigenvalue weighted by molar-refractivity contribution is 5.32. The summed E-state index contributed by atoms with van der Waals surface area (Å²) in [4.78, 5) is 0. The predicted octanol–water partition coefficient (Wildman–Crippen LogP) is 3.75. The second-order valence-corrected chi connectivity index (χ2v) is 5.24. The van der Waals surface area contributed by atoms with Gasteiger partial charge in [0.25, 0.3) is 0 Å². The molecule has 2 aromatic carbocycles. The molecule has 0 aliphatic carbocycles. The van der Waals surface area contributed by atoms with Crippen LogP contribution in [-0.4, -0.2) is 5.11 Å². The van der Waals surface area contributed by atoms with E-state index in [0.717, 1.165) is 5.56 Å². The van der Waals surface area contributed by atoms with E-state index >= 15 is 0 Å². The lowest BCUT2D eigenvalue weighted by Gasteiger charge is -2.24. The zero-order valence-corrected chi connectivity index (χ0v) is 11.3. The Balaban J connectivity index is 2.25. The molecule has 0 aliphatic heterocycles. The number of aryl methyl sites for hydroxylation is 2. The van der Waals surface area contributed by atoms with Crippen molar-refractivity contribution in [2.24, 2.45) is 0 Å². The van der Waals surface area contributed by atoms with Crippen molar-refractivity contribution in [3.63, 3.8) is 0 Å². The normalized spacial score (nSPS) is 14.2. The molecule has 0 aliphatic rings. The van der Waals surface area contributed by atoms with Crippen LogP contribution in [0.3, 0.4) is 0 Å². The van der Waals surface area contributed by atoms with Gasteiger partial charge in [-0.2, -0.15) is 0 Å². The summed E-state index contributed by atoms with van der Waals surface area (Å²) in [5, 5.41) is 10.6. The van der Waals surface area contributed by atoms with Crippen molar-refractivity contribution in [2.45, 2.75) is 32.8 Å². The molecular formula is C17H20O. The average Bonchev–Trinajstić information content (AvgIpc) is 2.35. The van der Waals surface area contributed by atoms with E-state index in [-0.39, 0.29) is 0 Å². The van der Waals surface area contributed by atoms with Crippen molar-refractivity contribution >= 4 is 0 Å². The molecule has 0 fully saturated rings. The topological polar surface area (TPSA) is 20.2 Å². The summed E-state index contributed by atoms with van der Waals surface area (Å²) in [5.41, 5.74) is 3.88. The minimum Gasteiger partial charge on any atom is -0.385 e. The van der Waals surface area contributed by atoms with E-state index in [1.54, 1.807) is 0 Å². The molecule has 1 nitrogen and oxygen atoms in total. The van der Waals surface area contributed by atoms with E-state index in [4.69, 9.17) is 0 Å². The minimum atomic E-state index is -0.817. The molecule has 1 atom stereocenters. The number of hydrogen-bond acceptors (Lipinski definition) is 1. The van der Waals surface area contributed by atoms with Crippen LogP contribution in [0.5, 0.6) is 0 Å². The Bertz CT molecular complexity index is 527. The highest BCUT2D eigenvalue weighted by atomic mass is 16.3. The first-order valence-electron chi connectivity index (χ1n) is 6.33. The van der Waals surface area contributed by atoms with Gasteiger partial charge >= 0.3 is 0 Å². The van der Waals surface area contributed by atoms with Gasteiger partial charge in [0.05, 0.1) is 5.60 Å². The Morgan fingerprint density at radius 2 is 1.61 bits per heavy atom. The van der Waals surface area contributed by atoms with Gasteiger partial charge in [0.1, 0.15) is 0 Å². The molecular weight excluding hydrogens is 220 g/mol. The molecule has 1 heteroatoms. The summed E-state index contributed by atoms with van der Waals surface area (Å²) in [7, 11) is 0. The average molecular weight is 240 g/mol. The third-order valence-corrected chi connectivity index (χ3v) is 3.52. The van der Waals surface area contributed by atoms with Crippen LogP contribution in [0.4, 0.5) is 0 Å². The molecule has 1 N–H and O–H groups in total. The summed E-state index contributed by atoms with van der Waals surface area (Å²) >= 11 is 0. The maximum atomic E-state index is 10.6. The molecule has 94 valence electrons. The molecule has 0 saturated carbocycles. The number of hydrogen-bond donors (Lipinski definition) is 1. The molecule has 0 amide bonds. The minimum absolute atomic E-state index is 0.637. The van der Waals surface area contributed by atoms with Crippen molar-refractivity contribution in [1.82, 2.24) is 0 Å². The predicted molar refractivity (Wildman–Crippen MR) is 75.6 cm³/mol. The summed E-state index contributed by atoms with van der Waals surface area (Å²) in [6.45, 7) is 6.09. The molecule has 18 heavy (non-hydrogen) atoms. The maximum absolute atomic E-state index is 10.6. The fourth-order valence-electron chi connectivity index (χ4n) is 2.21. The molecule has 2 aromatic rings. The molecule has 0 heterocycles. The second kappa shape index (κ2) is 4.95. The molecule has 1 unspecified atom stereocenters. The van der Waals surface area contributed by atoms with Crippen molar-refractivity contribution in [1.29, 1.82) is 0 Å². The Morgan fingerprint density at radius 1 is 0.944 bits per heavy atom. The third kappa shape index (κ3) is 2.80. The van der Waals surface area contributed by atoms with Gasteiger partial charge in [-0.15, -0.1) is 0 Å². The summed E-state index contributed by atoms with van der Waals surface area (Å²) in [5.74, 6) is 0. The van der Waals surface area contributed by atoms with Crippen LogP contribution in [0.2, 0.25) is 0 Å². The molecule has 0 spiro atoms. The van der Waals surface area contributed by atoms with Crippen LogP contribution < -0.4 is 0 Å². The zero-order chi connectivity index (χ0) is 13.2. The standard InChI is InChI=1S/C17H20O/c1-13-9-10-15(11-14(13)2)12-17(3,18)16-7-5-4-6-8-16/h4-11,18H,12H2,1-3H3. The first kappa shape index (κ1) is 12.8.